The molecular weight excluding hydrogens is 180 g/mol. The van der Waals surface area contributed by atoms with Crippen LogP contribution < -0.4 is 0 Å². The van der Waals surface area contributed by atoms with Gasteiger partial charge in [-0.25, -0.2) is 0 Å². The number of carbonyl (C=O) groups is 1. The first-order chi connectivity index (χ1) is 4.95. The summed E-state index contributed by atoms with van der Waals surface area (Å²) in [5, 5.41) is 0. The third-order valence-electron chi connectivity index (χ3n) is 0.715. The lowest BCUT2D eigenvalue weighted by Gasteiger charge is -2.18. The Morgan fingerprint density at radius 1 is 1.45 bits per heavy atom. The first-order valence-corrected chi connectivity index (χ1v) is 6.06. The third kappa shape index (κ3) is 8.07. The molecule has 0 bridgehead atoms. The summed E-state index contributed by atoms with van der Waals surface area (Å²) in [6.45, 7) is 5.61. The molecule has 0 atom stereocenters. The summed E-state index contributed by atoms with van der Waals surface area (Å²) >= 11 is 0. The highest BCUT2D eigenvalue weighted by Gasteiger charge is 2.15. The van der Waals surface area contributed by atoms with E-state index in [9.17, 15) is 4.79 Å². The van der Waals surface area contributed by atoms with Crippen LogP contribution in [-0.4, -0.2) is 23.6 Å². The number of ether oxygens (including phenoxy) is 1. The monoisotopic (exact) mass is 194 g/mol. The molecule has 0 radical (unpaired) electrons. The van der Waals surface area contributed by atoms with Crippen LogP contribution in [-0.2, 0) is 9.53 Å². The van der Waals surface area contributed by atoms with Crippen LogP contribution in [0.4, 0.5) is 0 Å². The van der Waals surface area contributed by atoms with Crippen molar-refractivity contribution in [3.05, 3.63) is 0 Å². The Bertz CT molecular complexity index is 129. The Kier molecular flexibility index (Phi) is 5.01. The van der Waals surface area contributed by atoms with E-state index in [2.05, 4.69) is 0 Å². The maximum absolute atomic E-state index is 11.0. The van der Waals surface area contributed by atoms with E-state index in [0.717, 1.165) is 0 Å². The molecule has 0 rings (SSSR count). The second-order valence-electron chi connectivity index (χ2n) is 3.02. The van der Waals surface area contributed by atoms with Gasteiger partial charge < -0.3 is 4.74 Å². The summed E-state index contributed by atoms with van der Waals surface area (Å²) in [5.74, 6) is 0.287. The fraction of sp³-hybridized carbons (Fsp3) is 0.857. The van der Waals surface area contributed by atoms with Gasteiger partial charge >= 0.3 is 5.97 Å². The van der Waals surface area contributed by atoms with Gasteiger partial charge in [-0.05, 0) is 27.0 Å². The molecule has 0 unspecified atom stereocenters. The Balaban J connectivity index is 3.53. The molecule has 0 aliphatic heterocycles. The van der Waals surface area contributed by atoms with Gasteiger partial charge in [0, 0.05) is 0 Å². The van der Waals surface area contributed by atoms with Gasteiger partial charge in [-0.2, -0.15) is 0 Å². The minimum Gasteiger partial charge on any atom is -0.459 e. The third-order valence-corrected chi connectivity index (χ3v) is 2.36. The summed E-state index contributed by atoms with van der Waals surface area (Å²) in [6, 6.07) is 0. The second kappa shape index (κ2) is 4.93. The number of carbonyl (C=O) groups excluding carboxylic acids is 1. The van der Waals surface area contributed by atoms with Crippen LogP contribution in [0, 0.1) is 0 Å². The maximum atomic E-state index is 11.0. The van der Waals surface area contributed by atoms with Crippen molar-refractivity contribution in [2.24, 2.45) is 0 Å². The molecule has 2 nitrogen and oxygen atoms in total. The number of rotatable bonds is 3. The van der Waals surface area contributed by atoms with Gasteiger partial charge in [-0.15, -0.1) is 0 Å². The van der Waals surface area contributed by atoms with E-state index in [1.807, 2.05) is 27.0 Å². The molecule has 0 amide bonds. The van der Waals surface area contributed by atoms with Crippen molar-refractivity contribution in [3.8, 4) is 0 Å². The molecule has 0 heterocycles. The molecule has 0 aliphatic rings. The van der Waals surface area contributed by atoms with Crippen molar-refractivity contribution in [3.63, 3.8) is 0 Å². The van der Waals surface area contributed by atoms with Crippen molar-refractivity contribution >= 4 is 27.6 Å². The van der Waals surface area contributed by atoms with Gasteiger partial charge in [0.05, 0.1) is 0 Å². The zero-order chi connectivity index (χ0) is 8.91. The minimum atomic E-state index is -0.351. The molecule has 0 aromatic carbocycles. The summed E-state index contributed by atoms with van der Waals surface area (Å²) < 4.78 is 5.07. The molecule has 0 saturated heterocycles. The number of hydrogen-bond acceptors (Lipinski definition) is 4. The summed E-state index contributed by atoms with van der Waals surface area (Å²) in [7, 11) is 3.07. The lowest BCUT2D eigenvalue weighted by Crippen LogP contribution is -2.24. The highest BCUT2D eigenvalue weighted by atomic mass is 33.1. The van der Waals surface area contributed by atoms with Crippen molar-refractivity contribution in [2.75, 3.05) is 12.0 Å². The summed E-state index contributed by atoms with van der Waals surface area (Å²) in [4.78, 5) is 11.0. The average molecular weight is 194 g/mol. The quantitative estimate of drug-likeness (QED) is 0.509. The standard InChI is InChI=1S/C7H14O2S2/c1-7(2,3)9-6(8)5-11-10-4/h5H2,1-4H3. The van der Waals surface area contributed by atoms with Gasteiger partial charge in [0.1, 0.15) is 11.4 Å². The molecule has 66 valence electrons. The Morgan fingerprint density at radius 3 is 2.36 bits per heavy atom. The van der Waals surface area contributed by atoms with Gasteiger partial charge in [0.15, 0.2) is 0 Å². The van der Waals surface area contributed by atoms with Crippen molar-refractivity contribution in [1.82, 2.24) is 0 Å². The molecule has 0 spiro atoms. The molecule has 0 N–H and O–H groups in total. The zero-order valence-corrected chi connectivity index (χ0v) is 8.97. The van der Waals surface area contributed by atoms with Gasteiger partial charge in [-0.3, -0.25) is 4.79 Å². The fourth-order valence-electron chi connectivity index (χ4n) is 0.478. The molecule has 0 fully saturated rings. The van der Waals surface area contributed by atoms with Gasteiger partial charge in [0.2, 0.25) is 0 Å². The first-order valence-electron chi connectivity index (χ1n) is 3.33. The zero-order valence-electron chi connectivity index (χ0n) is 7.34. The minimum absolute atomic E-state index is 0.142. The number of hydrogen-bond donors (Lipinski definition) is 0. The van der Waals surface area contributed by atoms with Crippen molar-refractivity contribution < 1.29 is 9.53 Å². The van der Waals surface area contributed by atoms with E-state index in [-0.39, 0.29) is 11.6 Å². The number of esters is 1. The van der Waals surface area contributed by atoms with E-state index in [0.29, 0.717) is 5.75 Å². The van der Waals surface area contributed by atoms with Crippen molar-refractivity contribution in [1.29, 1.82) is 0 Å². The molecule has 0 aliphatic carbocycles. The normalized spacial score (nSPS) is 11.3. The molecule has 0 aromatic heterocycles. The van der Waals surface area contributed by atoms with Crippen LogP contribution in [0.2, 0.25) is 0 Å². The summed E-state index contributed by atoms with van der Waals surface area (Å²) in [5.41, 5.74) is -0.351. The molecule has 11 heavy (non-hydrogen) atoms. The van der Waals surface area contributed by atoms with Crippen molar-refractivity contribution in [2.45, 2.75) is 26.4 Å². The second-order valence-corrected chi connectivity index (χ2v) is 5.58. The highest BCUT2D eigenvalue weighted by molar-refractivity contribution is 8.76. The molecular formula is C7H14O2S2. The largest absolute Gasteiger partial charge is 0.459 e. The first kappa shape index (κ1) is 11.2. The van der Waals surface area contributed by atoms with Gasteiger partial charge in [-0.1, -0.05) is 21.6 Å². The lowest BCUT2D eigenvalue weighted by molar-refractivity contribution is -0.151. The predicted octanol–water partition coefficient (Wildman–Crippen LogP) is 2.34. The topological polar surface area (TPSA) is 26.3 Å². The predicted molar refractivity (Wildman–Crippen MR) is 51.8 cm³/mol. The Morgan fingerprint density at radius 2 is 2.00 bits per heavy atom. The van der Waals surface area contributed by atoms with Crippen LogP contribution in [0.3, 0.4) is 0 Å². The average Bonchev–Trinajstić information content (AvgIpc) is 1.79. The van der Waals surface area contributed by atoms with E-state index in [1.54, 1.807) is 10.8 Å². The SMILES string of the molecule is CSSCC(=O)OC(C)(C)C. The van der Waals surface area contributed by atoms with Crippen LogP contribution >= 0.6 is 21.6 Å². The van der Waals surface area contributed by atoms with E-state index in [4.69, 9.17) is 4.74 Å². The van der Waals surface area contributed by atoms with E-state index in [1.165, 1.54) is 10.8 Å². The highest BCUT2D eigenvalue weighted by Crippen LogP contribution is 2.18. The van der Waals surface area contributed by atoms with Crippen LogP contribution in [0.5, 0.6) is 0 Å². The maximum Gasteiger partial charge on any atom is 0.317 e. The van der Waals surface area contributed by atoms with Crippen LogP contribution in [0.15, 0.2) is 0 Å². The molecule has 4 heteroatoms. The Hall–Kier alpha value is 0.170. The van der Waals surface area contributed by atoms with E-state index >= 15 is 0 Å². The lowest BCUT2D eigenvalue weighted by atomic mass is 10.2. The summed E-state index contributed by atoms with van der Waals surface area (Å²) in [6.07, 6.45) is 1.94. The smallest absolute Gasteiger partial charge is 0.317 e. The van der Waals surface area contributed by atoms with E-state index < -0.39 is 0 Å². The van der Waals surface area contributed by atoms with Gasteiger partial charge in [0.25, 0.3) is 0 Å². The molecule has 0 aromatic rings. The Labute approximate surface area is 75.9 Å². The fourth-order valence-corrected chi connectivity index (χ4v) is 1.39. The van der Waals surface area contributed by atoms with Crippen LogP contribution in [0.25, 0.3) is 0 Å². The van der Waals surface area contributed by atoms with Crippen LogP contribution in [0.1, 0.15) is 20.8 Å². The molecule has 0 saturated carbocycles.